The zero-order chi connectivity index (χ0) is 21.8. The van der Waals surface area contributed by atoms with Crippen LogP contribution in [0, 0.1) is 0 Å². The Hall–Kier alpha value is -3.42. The maximum Gasteiger partial charge on any atom is 0.211 e. The van der Waals surface area contributed by atoms with Gasteiger partial charge in [0, 0.05) is 5.56 Å². The Bertz CT molecular complexity index is 926. The van der Waals surface area contributed by atoms with Crippen molar-refractivity contribution in [3.63, 3.8) is 0 Å². The lowest BCUT2D eigenvalue weighted by molar-refractivity contribution is 0.226. The zero-order valence-corrected chi connectivity index (χ0v) is 18.2. The summed E-state index contributed by atoms with van der Waals surface area (Å²) in [6, 6.07) is 3.68. The van der Waals surface area contributed by atoms with Gasteiger partial charge in [0.1, 0.15) is 6.10 Å². The summed E-state index contributed by atoms with van der Waals surface area (Å²) in [6.07, 6.45) is 3.36. The molecule has 0 N–H and O–H groups in total. The second-order valence-corrected chi connectivity index (χ2v) is 6.23. The molecular weight excluding hydrogens is 392 g/mol. The smallest absolute Gasteiger partial charge is 0.211 e. The van der Waals surface area contributed by atoms with E-state index in [-0.39, 0.29) is 0 Å². The van der Waals surface area contributed by atoms with E-state index in [1.165, 1.54) is 14.2 Å². The number of fused-ring (bicyclic) bond motifs is 1. The van der Waals surface area contributed by atoms with Crippen LogP contribution in [0.25, 0.3) is 6.08 Å². The molecule has 0 radical (unpaired) electrons. The van der Waals surface area contributed by atoms with Gasteiger partial charge < -0.3 is 37.9 Å². The first-order valence-corrected chi connectivity index (χ1v) is 9.13. The second kappa shape index (κ2) is 8.94. The van der Waals surface area contributed by atoms with E-state index in [1.54, 1.807) is 35.5 Å². The summed E-state index contributed by atoms with van der Waals surface area (Å²) in [6.45, 7) is 0. The number of benzene rings is 2. The molecule has 1 atom stereocenters. The standard InChI is InChI=1S/C22H26O8/c1-23-15-10-12(11-16(24-2)19(15)26-4)14-9-8-13-17(25-3)20(27-5)22(29-7)21(28-6)18(13)30-14/h8-11,14H,1-7H3. The van der Waals surface area contributed by atoms with Crippen molar-refractivity contribution in [2.24, 2.45) is 0 Å². The van der Waals surface area contributed by atoms with Crippen LogP contribution < -0.4 is 37.9 Å². The Labute approximate surface area is 175 Å². The van der Waals surface area contributed by atoms with Gasteiger partial charge in [-0.25, -0.2) is 0 Å². The fourth-order valence-corrected chi connectivity index (χ4v) is 3.48. The molecule has 2 aromatic carbocycles. The van der Waals surface area contributed by atoms with Crippen molar-refractivity contribution < 1.29 is 37.9 Å². The molecule has 0 spiro atoms. The van der Waals surface area contributed by atoms with Gasteiger partial charge in [0.15, 0.2) is 23.0 Å². The molecule has 162 valence electrons. The Morgan fingerprint density at radius 2 is 1.10 bits per heavy atom. The fourth-order valence-electron chi connectivity index (χ4n) is 3.48. The van der Waals surface area contributed by atoms with E-state index < -0.39 is 6.10 Å². The highest BCUT2D eigenvalue weighted by atomic mass is 16.6. The van der Waals surface area contributed by atoms with Gasteiger partial charge in [-0.15, -0.1) is 0 Å². The molecule has 1 aliphatic rings. The maximum atomic E-state index is 6.32. The van der Waals surface area contributed by atoms with Gasteiger partial charge in [0.05, 0.1) is 55.3 Å². The van der Waals surface area contributed by atoms with Gasteiger partial charge in [0.25, 0.3) is 0 Å². The van der Waals surface area contributed by atoms with Crippen LogP contribution in [0.1, 0.15) is 17.2 Å². The first-order valence-electron chi connectivity index (χ1n) is 9.13. The molecule has 0 saturated heterocycles. The van der Waals surface area contributed by atoms with Gasteiger partial charge in [0.2, 0.25) is 23.0 Å². The minimum Gasteiger partial charge on any atom is -0.493 e. The maximum absolute atomic E-state index is 6.32. The lowest BCUT2D eigenvalue weighted by Gasteiger charge is -2.27. The molecule has 0 fully saturated rings. The van der Waals surface area contributed by atoms with E-state index in [0.29, 0.717) is 51.6 Å². The summed E-state index contributed by atoms with van der Waals surface area (Å²) in [5, 5.41) is 0. The third-order valence-corrected chi connectivity index (χ3v) is 4.83. The lowest BCUT2D eigenvalue weighted by atomic mass is 10.0. The van der Waals surface area contributed by atoms with Crippen molar-refractivity contribution >= 4 is 6.08 Å². The van der Waals surface area contributed by atoms with Gasteiger partial charge in [-0.2, -0.15) is 0 Å². The molecule has 1 unspecified atom stereocenters. The summed E-state index contributed by atoms with van der Waals surface area (Å²) in [7, 11) is 10.9. The molecular formula is C22H26O8. The summed E-state index contributed by atoms with van der Waals surface area (Å²) in [4.78, 5) is 0. The minimum absolute atomic E-state index is 0.384. The van der Waals surface area contributed by atoms with Gasteiger partial charge in [-0.05, 0) is 24.3 Å². The predicted octanol–water partition coefficient (Wildman–Crippen LogP) is 3.89. The number of hydrogen-bond acceptors (Lipinski definition) is 8. The lowest BCUT2D eigenvalue weighted by Crippen LogP contribution is -2.12. The van der Waals surface area contributed by atoms with Gasteiger partial charge in [-0.1, -0.05) is 0 Å². The quantitative estimate of drug-likeness (QED) is 0.639. The number of ether oxygens (including phenoxy) is 8. The topological polar surface area (TPSA) is 73.8 Å². The predicted molar refractivity (Wildman–Crippen MR) is 111 cm³/mol. The third-order valence-electron chi connectivity index (χ3n) is 4.83. The van der Waals surface area contributed by atoms with Gasteiger partial charge >= 0.3 is 0 Å². The Morgan fingerprint density at radius 3 is 1.57 bits per heavy atom. The van der Waals surface area contributed by atoms with Crippen molar-refractivity contribution in [3.8, 4) is 46.0 Å². The van der Waals surface area contributed by atoms with Crippen LogP contribution in [0.15, 0.2) is 18.2 Å². The summed E-state index contributed by atoms with van der Waals surface area (Å²) >= 11 is 0. The van der Waals surface area contributed by atoms with Gasteiger partial charge in [-0.3, -0.25) is 0 Å². The van der Waals surface area contributed by atoms with Crippen LogP contribution in [0.3, 0.4) is 0 Å². The first kappa shape index (κ1) is 21.3. The van der Waals surface area contributed by atoms with E-state index in [9.17, 15) is 0 Å². The molecule has 0 saturated carbocycles. The van der Waals surface area contributed by atoms with Crippen molar-refractivity contribution in [3.05, 3.63) is 29.3 Å². The van der Waals surface area contributed by atoms with Crippen LogP contribution in [0.4, 0.5) is 0 Å². The van der Waals surface area contributed by atoms with Crippen molar-refractivity contribution in [2.45, 2.75) is 6.10 Å². The average Bonchev–Trinajstić information content (AvgIpc) is 2.80. The normalized spacial score (nSPS) is 14.3. The highest BCUT2D eigenvalue weighted by Crippen LogP contribution is 2.56. The molecule has 1 aliphatic heterocycles. The summed E-state index contributed by atoms with van der Waals surface area (Å²) in [5.74, 6) is 3.77. The van der Waals surface area contributed by atoms with Crippen LogP contribution in [-0.2, 0) is 0 Å². The molecule has 8 heteroatoms. The summed E-state index contributed by atoms with van der Waals surface area (Å²) < 4.78 is 44.8. The van der Waals surface area contributed by atoms with Crippen molar-refractivity contribution in [2.75, 3.05) is 49.8 Å². The Morgan fingerprint density at radius 1 is 0.600 bits per heavy atom. The van der Waals surface area contributed by atoms with E-state index in [1.807, 2.05) is 24.3 Å². The summed E-state index contributed by atoms with van der Waals surface area (Å²) in [5.41, 5.74) is 1.50. The molecule has 1 heterocycles. The number of rotatable bonds is 8. The Balaban J connectivity index is 2.15. The molecule has 2 aromatic rings. The van der Waals surface area contributed by atoms with E-state index in [2.05, 4.69) is 0 Å². The van der Waals surface area contributed by atoms with Crippen LogP contribution in [-0.4, -0.2) is 49.8 Å². The second-order valence-electron chi connectivity index (χ2n) is 6.23. The fraction of sp³-hybridized carbons (Fsp3) is 0.364. The molecule has 3 rings (SSSR count). The molecule has 30 heavy (non-hydrogen) atoms. The number of methoxy groups -OCH3 is 7. The zero-order valence-electron chi connectivity index (χ0n) is 18.2. The molecule has 0 aliphatic carbocycles. The first-order chi connectivity index (χ1) is 14.6. The molecule has 8 nitrogen and oxygen atoms in total. The molecule has 0 amide bonds. The van der Waals surface area contributed by atoms with E-state index >= 15 is 0 Å². The van der Waals surface area contributed by atoms with Crippen LogP contribution in [0.5, 0.6) is 46.0 Å². The van der Waals surface area contributed by atoms with E-state index in [4.69, 9.17) is 37.9 Å². The largest absolute Gasteiger partial charge is 0.493 e. The SMILES string of the molecule is COc1cc(C2C=Cc3c(OC)c(OC)c(OC)c(OC)c3O2)cc(OC)c1OC. The van der Waals surface area contributed by atoms with Crippen LogP contribution in [0.2, 0.25) is 0 Å². The minimum atomic E-state index is -0.442. The molecule has 0 bridgehead atoms. The highest BCUT2D eigenvalue weighted by Gasteiger charge is 2.32. The van der Waals surface area contributed by atoms with Crippen molar-refractivity contribution in [1.82, 2.24) is 0 Å². The average molecular weight is 418 g/mol. The van der Waals surface area contributed by atoms with Crippen LogP contribution >= 0.6 is 0 Å². The molecule has 0 aromatic heterocycles. The monoisotopic (exact) mass is 418 g/mol. The highest BCUT2D eigenvalue weighted by molar-refractivity contribution is 5.79. The Kier molecular flexibility index (Phi) is 6.34. The van der Waals surface area contributed by atoms with E-state index in [0.717, 1.165) is 5.56 Å². The third kappa shape index (κ3) is 3.38. The van der Waals surface area contributed by atoms with Crippen molar-refractivity contribution in [1.29, 1.82) is 0 Å². The number of hydrogen-bond donors (Lipinski definition) is 0.